The molecule has 2 aromatic carbocycles. The first-order valence-corrected chi connectivity index (χ1v) is 9.04. The second-order valence-corrected chi connectivity index (χ2v) is 6.64. The van der Waals surface area contributed by atoms with Crippen molar-refractivity contribution >= 4 is 34.8 Å². The minimum absolute atomic E-state index is 0.0388. The van der Waals surface area contributed by atoms with Crippen molar-refractivity contribution in [1.29, 1.82) is 0 Å². The zero-order valence-electron chi connectivity index (χ0n) is 15.5. The van der Waals surface area contributed by atoms with Crippen molar-refractivity contribution < 1.29 is 14.4 Å². The number of anilines is 3. The fourth-order valence-corrected chi connectivity index (χ4v) is 3.31. The molecule has 0 aliphatic carbocycles. The van der Waals surface area contributed by atoms with E-state index in [4.69, 9.17) is 0 Å². The quantitative estimate of drug-likeness (QED) is 0.854. The van der Waals surface area contributed by atoms with E-state index in [0.717, 1.165) is 17.7 Å². The average Bonchev–Trinajstić information content (AvgIpc) is 3.03. The topological polar surface area (TPSA) is 78.5 Å². The first kappa shape index (κ1) is 18.6. The van der Waals surface area contributed by atoms with Crippen molar-refractivity contribution in [2.24, 2.45) is 5.92 Å². The highest BCUT2D eigenvalue weighted by molar-refractivity contribution is 6.04. The molecule has 1 unspecified atom stereocenters. The van der Waals surface area contributed by atoms with E-state index in [2.05, 4.69) is 10.6 Å². The first-order chi connectivity index (χ1) is 13.0. The van der Waals surface area contributed by atoms with Gasteiger partial charge in [0.05, 0.1) is 5.92 Å². The number of hydrogen-bond donors (Lipinski definition) is 2. The van der Waals surface area contributed by atoms with Gasteiger partial charge in [-0.2, -0.15) is 0 Å². The zero-order valence-corrected chi connectivity index (χ0v) is 15.5. The minimum atomic E-state index is -0.410. The van der Waals surface area contributed by atoms with Gasteiger partial charge in [0, 0.05) is 37.0 Å². The standard InChI is InChI=1S/C21H23N3O3/c1-3-15-7-4-5-10-19(15)24-13-16(11-20(24)26)21(27)23-18-9-6-8-17(12-18)22-14(2)25/h4-10,12,16H,3,11,13H2,1-2H3,(H,22,25)(H,23,27). The molecule has 0 bridgehead atoms. The smallest absolute Gasteiger partial charge is 0.229 e. The Labute approximate surface area is 158 Å². The van der Waals surface area contributed by atoms with Gasteiger partial charge < -0.3 is 15.5 Å². The Morgan fingerprint density at radius 2 is 1.78 bits per heavy atom. The normalized spacial score (nSPS) is 16.3. The molecule has 0 aromatic heterocycles. The summed E-state index contributed by atoms with van der Waals surface area (Å²) in [4.78, 5) is 38.0. The summed E-state index contributed by atoms with van der Waals surface area (Å²) in [6, 6.07) is 14.7. The Balaban J connectivity index is 1.70. The van der Waals surface area contributed by atoms with Gasteiger partial charge in [0.15, 0.2) is 0 Å². The Morgan fingerprint density at radius 1 is 1.07 bits per heavy atom. The highest BCUT2D eigenvalue weighted by atomic mass is 16.2. The third kappa shape index (κ3) is 4.34. The molecule has 1 fully saturated rings. The number of aryl methyl sites for hydroxylation is 1. The Hall–Kier alpha value is -3.15. The maximum absolute atomic E-state index is 12.6. The lowest BCUT2D eigenvalue weighted by Crippen LogP contribution is -2.28. The van der Waals surface area contributed by atoms with Crippen molar-refractivity contribution in [1.82, 2.24) is 0 Å². The lowest BCUT2D eigenvalue weighted by molar-refractivity contribution is -0.122. The number of carbonyl (C=O) groups excluding carboxylic acids is 3. The molecule has 2 aromatic rings. The van der Waals surface area contributed by atoms with Gasteiger partial charge in [-0.25, -0.2) is 0 Å². The molecule has 140 valence electrons. The van der Waals surface area contributed by atoms with E-state index >= 15 is 0 Å². The highest BCUT2D eigenvalue weighted by Gasteiger charge is 2.35. The SMILES string of the molecule is CCc1ccccc1N1CC(C(=O)Nc2cccc(NC(C)=O)c2)CC1=O. The number of benzene rings is 2. The summed E-state index contributed by atoms with van der Waals surface area (Å²) >= 11 is 0. The third-order valence-electron chi connectivity index (χ3n) is 4.61. The summed E-state index contributed by atoms with van der Waals surface area (Å²) in [6.07, 6.45) is 1.02. The molecule has 1 aliphatic rings. The van der Waals surface area contributed by atoms with E-state index in [-0.39, 0.29) is 24.1 Å². The molecule has 0 radical (unpaired) electrons. The zero-order chi connectivity index (χ0) is 19.4. The van der Waals surface area contributed by atoms with E-state index in [0.29, 0.717) is 17.9 Å². The van der Waals surface area contributed by atoms with Crippen LogP contribution in [-0.2, 0) is 20.8 Å². The van der Waals surface area contributed by atoms with E-state index in [9.17, 15) is 14.4 Å². The van der Waals surface area contributed by atoms with Crippen LogP contribution in [0.25, 0.3) is 0 Å². The van der Waals surface area contributed by atoms with Gasteiger partial charge in [-0.15, -0.1) is 0 Å². The monoisotopic (exact) mass is 365 g/mol. The van der Waals surface area contributed by atoms with Gasteiger partial charge in [-0.3, -0.25) is 14.4 Å². The number of amides is 3. The number of rotatable bonds is 5. The van der Waals surface area contributed by atoms with E-state index < -0.39 is 5.92 Å². The van der Waals surface area contributed by atoms with Crippen LogP contribution in [0.5, 0.6) is 0 Å². The Kier molecular flexibility index (Phi) is 5.54. The summed E-state index contributed by atoms with van der Waals surface area (Å²) in [7, 11) is 0. The van der Waals surface area contributed by atoms with Crippen LogP contribution in [0.3, 0.4) is 0 Å². The van der Waals surface area contributed by atoms with Crippen molar-refractivity contribution in [3.8, 4) is 0 Å². The van der Waals surface area contributed by atoms with Crippen molar-refractivity contribution in [2.75, 3.05) is 22.1 Å². The Morgan fingerprint density at radius 3 is 2.48 bits per heavy atom. The van der Waals surface area contributed by atoms with Crippen LogP contribution in [-0.4, -0.2) is 24.3 Å². The van der Waals surface area contributed by atoms with Crippen LogP contribution in [0.2, 0.25) is 0 Å². The molecule has 6 heteroatoms. The van der Waals surface area contributed by atoms with Crippen LogP contribution in [0.1, 0.15) is 25.8 Å². The second kappa shape index (κ2) is 8.03. The largest absolute Gasteiger partial charge is 0.326 e. The maximum Gasteiger partial charge on any atom is 0.229 e. The molecule has 2 N–H and O–H groups in total. The summed E-state index contributed by atoms with van der Waals surface area (Å²) in [5, 5.41) is 5.53. The molecule has 0 saturated carbocycles. The van der Waals surface area contributed by atoms with Crippen LogP contribution >= 0.6 is 0 Å². The molecule has 0 spiro atoms. The second-order valence-electron chi connectivity index (χ2n) is 6.64. The molecule has 6 nitrogen and oxygen atoms in total. The first-order valence-electron chi connectivity index (χ1n) is 9.04. The van der Waals surface area contributed by atoms with Crippen LogP contribution in [0.15, 0.2) is 48.5 Å². The fraction of sp³-hybridized carbons (Fsp3) is 0.286. The summed E-state index contributed by atoms with van der Waals surface area (Å²) in [5.74, 6) is -0.820. The fourth-order valence-electron chi connectivity index (χ4n) is 3.31. The lowest BCUT2D eigenvalue weighted by Gasteiger charge is -2.20. The maximum atomic E-state index is 12.6. The van der Waals surface area contributed by atoms with E-state index in [1.54, 1.807) is 29.2 Å². The van der Waals surface area contributed by atoms with Gasteiger partial charge in [0.2, 0.25) is 17.7 Å². The van der Waals surface area contributed by atoms with Crippen molar-refractivity contribution in [2.45, 2.75) is 26.7 Å². The number of carbonyl (C=O) groups is 3. The molecule has 1 heterocycles. The number of para-hydroxylation sites is 1. The molecular weight excluding hydrogens is 342 g/mol. The third-order valence-corrected chi connectivity index (χ3v) is 4.61. The van der Waals surface area contributed by atoms with Gasteiger partial charge in [0.1, 0.15) is 0 Å². The predicted octanol–water partition coefficient (Wildman–Crippen LogP) is 3.20. The van der Waals surface area contributed by atoms with E-state index in [1.807, 2.05) is 31.2 Å². The van der Waals surface area contributed by atoms with Crippen LogP contribution < -0.4 is 15.5 Å². The summed E-state index contributed by atoms with van der Waals surface area (Å²) in [5.41, 5.74) is 3.18. The van der Waals surface area contributed by atoms with Gasteiger partial charge >= 0.3 is 0 Å². The van der Waals surface area contributed by atoms with Gasteiger partial charge in [-0.1, -0.05) is 31.2 Å². The Bertz CT molecular complexity index is 878. The van der Waals surface area contributed by atoms with Crippen molar-refractivity contribution in [3.63, 3.8) is 0 Å². The van der Waals surface area contributed by atoms with Crippen LogP contribution in [0, 0.1) is 5.92 Å². The molecular formula is C21H23N3O3. The number of nitrogens with zero attached hydrogens (tertiary/aromatic N) is 1. The highest BCUT2D eigenvalue weighted by Crippen LogP contribution is 2.29. The lowest BCUT2D eigenvalue weighted by atomic mass is 10.1. The van der Waals surface area contributed by atoms with Gasteiger partial charge in [0.25, 0.3) is 0 Å². The molecule has 1 saturated heterocycles. The minimum Gasteiger partial charge on any atom is -0.326 e. The average molecular weight is 365 g/mol. The summed E-state index contributed by atoms with van der Waals surface area (Å²) < 4.78 is 0. The molecule has 27 heavy (non-hydrogen) atoms. The molecule has 3 rings (SSSR count). The van der Waals surface area contributed by atoms with E-state index in [1.165, 1.54) is 6.92 Å². The van der Waals surface area contributed by atoms with Gasteiger partial charge in [-0.05, 0) is 36.2 Å². The molecule has 1 atom stereocenters. The van der Waals surface area contributed by atoms with Crippen molar-refractivity contribution in [3.05, 3.63) is 54.1 Å². The summed E-state index contributed by atoms with van der Waals surface area (Å²) in [6.45, 7) is 3.84. The molecule has 1 aliphatic heterocycles. The number of hydrogen-bond acceptors (Lipinski definition) is 3. The van der Waals surface area contributed by atoms with Crippen LogP contribution in [0.4, 0.5) is 17.1 Å². The molecule has 3 amide bonds. The predicted molar refractivity (Wildman–Crippen MR) is 106 cm³/mol. The number of nitrogens with one attached hydrogen (secondary N) is 2.